The third-order valence-corrected chi connectivity index (χ3v) is 4.26. The minimum Gasteiger partial charge on any atom is -0.332 e. The number of fused-ring (bicyclic) bond motifs is 3. The molecule has 2 aromatic carbocycles. The van der Waals surface area contributed by atoms with Crippen LogP contribution in [-0.2, 0) is 6.54 Å². The summed E-state index contributed by atoms with van der Waals surface area (Å²) in [7, 11) is 0. The van der Waals surface area contributed by atoms with E-state index < -0.39 is 0 Å². The van der Waals surface area contributed by atoms with Gasteiger partial charge in [-0.2, -0.15) is 0 Å². The maximum atomic E-state index is 5.58. The number of aromatic nitrogens is 2. The van der Waals surface area contributed by atoms with Crippen LogP contribution in [0.2, 0.25) is 0 Å². The van der Waals surface area contributed by atoms with Gasteiger partial charge in [-0.1, -0.05) is 24.3 Å². The third-order valence-electron chi connectivity index (χ3n) is 3.94. The molecule has 3 aromatic rings. The van der Waals surface area contributed by atoms with Crippen LogP contribution < -0.4 is 10.2 Å². The summed E-state index contributed by atoms with van der Waals surface area (Å²) in [6.07, 6.45) is 0. The average Bonchev–Trinajstić information content (AvgIpc) is 3.05. The second-order valence-corrected chi connectivity index (χ2v) is 5.89. The summed E-state index contributed by atoms with van der Waals surface area (Å²) in [6, 6.07) is 16.4. The number of hydrogen-bond donors (Lipinski definition) is 1. The molecule has 0 saturated heterocycles. The number of thiocarbonyl (C=S) groups is 1. The molecule has 0 saturated carbocycles. The lowest BCUT2D eigenvalue weighted by molar-refractivity contribution is 0.829. The number of para-hydroxylation sites is 2. The van der Waals surface area contributed by atoms with Gasteiger partial charge in [0.05, 0.1) is 11.0 Å². The minimum atomic E-state index is 0.694. The van der Waals surface area contributed by atoms with Crippen molar-refractivity contribution in [3.63, 3.8) is 0 Å². The predicted molar refractivity (Wildman–Crippen MR) is 94.5 cm³/mol. The SMILES string of the molecule is Cc1cccc(NC(=S)N2CCn3c2nc2ccccc23)c1. The molecular formula is C17H16N4S. The van der Waals surface area contributed by atoms with Gasteiger partial charge in [-0.25, -0.2) is 4.98 Å². The van der Waals surface area contributed by atoms with E-state index in [1.807, 2.05) is 30.3 Å². The molecule has 4 rings (SSSR count). The smallest absolute Gasteiger partial charge is 0.213 e. The number of benzene rings is 2. The fraction of sp³-hybridized carbons (Fsp3) is 0.176. The van der Waals surface area contributed by atoms with Crippen LogP contribution in [0.3, 0.4) is 0 Å². The molecule has 0 aliphatic carbocycles. The molecule has 2 heterocycles. The molecule has 0 fully saturated rings. The van der Waals surface area contributed by atoms with E-state index in [0.717, 1.165) is 30.2 Å². The van der Waals surface area contributed by atoms with E-state index in [-0.39, 0.29) is 0 Å². The van der Waals surface area contributed by atoms with Crippen molar-refractivity contribution in [1.29, 1.82) is 0 Å². The Morgan fingerprint density at radius 2 is 2.00 bits per heavy atom. The first-order chi connectivity index (χ1) is 10.7. The Hall–Kier alpha value is -2.40. The van der Waals surface area contributed by atoms with Crippen molar-refractivity contribution in [2.75, 3.05) is 16.8 Å². The lowest BCUT2D eigenvalue weighted by Gasteiger charge is -2.18. The van der Waals surface area contributed by atoms with Crippen LogP contribution in [0.1, 0.15) is 5.56 Å². The van der Waals surface area contributed by atoms with Crippen LogP contribution >= 0.6 is 12.2 Å². The normalized spacial score (nSPS) is 13.4. The number of anilines is 2. The van der Waals surface area contributed by atoms with Crippen molar-refractivity contribution >= 4 is 40.0 Å². The van der Waals surface area contributed by atoms with Gasteiger partial charge in [-0.05, 0) is 49.0 Å². The fourth-order valence-electron chi connectivity index (χ4n) is 2.90. The molecule has 0 unspecified atom stereocenters. The van der Waals surface area contributed by atoms with Gasteiger partial charge in [0.1, 0.15) is 0 Å². The zero-order valence-electron chi connectivity index (χ0n) is 12.3. The van der Waals surface area contributed by atoms with Gasteiger partial charge >= 0.3 is 0 Å². The van der Waals surface area contributed by atoms with E-state index in [4.69, 9.17) is 17.2 Å². The Bertz CT molecular complexity index is 868. The fourth-order valence-corrected chi connectivity index (χ4v) is 3.19. The molecule has 0 spiro atoms. The first-order valence-electron chi connectivity index (χ1n) is 7.33. The van der Waals surface area contributed by atoms with Crippen molar-refractivity contribution < 1.29 is 0 Å². The lowest BCUT2D eigenvalue weighted by atomic mass is 10.2. The summed E-state index contributed by atoms with van der Waals surface area (Å²) in [5, 5.41) is 4.01. The molecule has 4 nitrogen and oxygen atoms in total. The van der Waals surface area contributed by atoms with Crippen LogP contribution in [-0.4, -0.2) is 21.2 Å². The van der Waals surface area contributed by atoms with E-state index in [1.165, 1.54) is 11.1 Å². The number of aryl methyl sites for hydroxylation is 1. The van der Waals surface area contributed by atoms with Gasteiger partial charge < -0.3 is 9.88 Å². The van der Waals surface area contributed by atoms with Crippen LogP contribution in [0.15, 0.2) is 48.5 Å². The van der Waals surface area contributed by atoms with Crippen molar-refractivity contribution in [2.24, 2.45) is 0 Å². The van der Waals surface area contributed by atoms with Crippen molar-refractivity contribution in [1.82, 2.24) is 9.55 Å². The maximum absolute atomic E-state index is 5.58. The molecule has 0 radical (unpaired) electrons. The highest BCUT2D eigenvalue weighted by Gasteiger charge is 2.26. The molecule has 0 amide bonds. The van der Waals surface area contributed by atoms with E-state index in [2.05, 4.69) is 39.9 Å². The molecule has 1 aromatic heterocycles. The Morgan fingerprint density at radius 1 is 1.14 bits per heavy atom. The number of imidazole rings is 1. The minimum absolute atomic E-state index is 0.694. The average molecular weight is 308 g/mol. The maximum Gasteiger partial charge on any atom is 0.213 e. The molecule has 1 aliphatic heterocycles. The van der Waals surface area contributed by atoms with E-state index in [1.54, 1.807) is 0 Å². The summed E-state index contributed by atoms with van der Waals surface area (Å²) in [4.78, 5) is 6.78. The molecule has 110 valence electrons. The monoisotopic (exact) mass is 308 g/mol. The van der Waals surface area contributed by atoms with Crippen LogP contribution in [0.25, 0.3) is 11.0 Å². The summed E-state index contributed by atoms with van der Waals surface area (Å²) in [5.41, 5.74) is 4.40. The highest BCUT2D eigenvalue weighted by Crippen LogP contribution is 2.27. The molecule has 0 bridgehead atoms. The summed E-state index contributed by atoms with van der Waals surface area (Å²) in [6.45, 7) is 3.83. The molecular weight excluding hydrogens is 292 g/mol. The quantitative estimate of drug-likeness (QED) is 0.697. The van der Waals surface area contributed by atoms with Crippen molar-refractivity contribution in [2.45, 2.75) is 13.5 Å². The zero-order chi connectivity index (χ0) is 15.1. The summed E-state index contributed by atoms with van der Waals surface area (Å²) < 4.78 is 2.22. The zero-order valence-corrected chi connectivity index (χ0v) is 13.1. The standard InChI is InChI=1S/C17H16N4S/c1-12-5-4-6-13(11-12)18-17(22)21-10-9-20-15-8-3-2-7-14(15)19-16(20)21/h2-8,11H,9-10H2,1H3,(H,18,22). The first-order valence-corrected chi connectivity index (χ1v) is 7.74. The Labute approximate surface area is 134 Å². The van der Waals surface area contributed by atoms with Gasteiger partial charge in [0, 0.05) is 18.8 Å². The molecule has 0 atom stereocenters. The Morgan fingerprint density at radius 3 is 2.86 bits per heavy atom. The summed E-state index contributed by atoms with van der Waals surface area (Å²) in [5.74, 6) is 0.923. The van der Waals surface area contributed by atoms with Crippen LogP contribution in [0.4, 0.5) is 11.6 Å². The number of nitrogens with one attached hydrogen (secondary N) is 1. The van der Waals surface area contributed by atoms with Crippen LogP contribution in [0.5, 0.6) is 0 Å². The summed E-state index contributed by atoms with van der Waals surface area (Å²) >= 11 is 5.58. The number of rotatable bonds is 1. The van der Waals surface area contributed by atoms with E-state index in [9.17, 15) is 0 Å². The van der Waals surface area contributed by atoms with Gasteiger partial charge in [-0.3, -0.25) is 4.90 Å². The number of nitrogens with zero attached hydrogens (tertiary/aromatic N) is 3. The van der Waals surface area contributed by atoms with Crippen molar-refractivity contribution in [3.05, 3.63) is 54.1 Å². The van der Waals surface area contributed by atoms with E-state index >= 15 is 0 Å². The molecule has 1 aliphatic rings. The molecule has 1 N–H and O–H groups in total. The topological polar surface area (TPSA) is 33.1 Å². The second-order valence-electron chi connectivity index (χ2n) is 5.50. The van der Waals surface area contributed by atoms with Crippen molar-refractivity contribution in [3.8, 4) is 0 Å². The second kappa shape index (κ2) is 5.10. The predicted octanol–water partition coefficient (Wildman–Crippen LogP) is 3.56. The lowest BCUT2D eigenvalue weighted by Crippen LogP contribution is -2.33. The largest absolute Gasteiger partial charge is 0.332 e. The van der Waals surface area contributed by atoms with Gasteiger partial charge in [-0.15, -0.1) is 0 Å². The molecule has 5 heteroatoms. The van der Waals surface area contributed by atoms with Crippen LogP contribution in [0, 0.1) is 6.92 Å². The number of hydrogen-bond acceptors (Lipinski definition) is 2. The molecule has 22 heavy (non-hydrogen) atoms. The highest BCUT2D eigenvalue weighted by atomic mass is 32.1. The Kier molecular flexibility index (Phi) is 3.08. The first kappa shape index (κ1) is 13.3. The van der Waals surface area contributed by atoms with E-state index in [0.29, 0.717) is 5.11 Å². The highest BCUT2D eigenvalue weighted by molar-refractivity contribution is 7.80. The Balaban J connectivity index is 1.64. The third kappa shape index (κ3) is 2.14. The van der Waals surface area contributed by atoms with Gasteiger partial charge in [0.2, 0.25) is 5.95 Å². The van der Waals surface area contributed by atoms with Gasteiger partial charge in [0.25, 0.3) is 0 Å². The van der Waals surface area contributed by atoms with Gasteiger partial charge in [0.15, 0.2) is 5.11 Å².